The summed E-state index contributed by atoms with van der Waals surface area (Å²) in [7, 11) is 0. The van der Waals surface area contributed by atoms with Gasteiger partial charge in [-0.05, 0) is 18.9 Å². The SMILES string of the molecule is CCc1c(N)ncnc1NCCCn1cccn1. The number of anilines is 2. The topological polar surface area (TPSA) is 81.6 Å². The average Bonchev–Trinajstić information content (AvgIpc) is 2.88. The van der Waals surface area contributed by atoms with Crippen LogP contribution < -0.4 is 11.1 Å². The summed E-state index contributed by atoms with van der Waals surface area (Å²) in [4.78, 5) is 8.21. The summed E-state index contributed by atoms with van der Waals surface area (Å²) in [6.45, 7) is 3.77. The van der Waals surface area contributed by atoms with Crippen LogP contribution in [0.4, 0.5) is 11.6 Å². The first-order chi connectivity index (χ1) is 8.81. The number of aryl methyl sites for hydroxylation is 1. The molecule has 0 radical (unpaired) electrons. The third-order valence-electron chi connectivity index (χ3n) is 2.75. The summed E-state index contributed by atoms with van der Waals surface area (Å²) in [5, 5.41) is 7.45. The smallest absolute Gasteiger partial charge is 0.134 e. The number of nitrogens with two attached hydrogens (primary N) is 1. The van der Waals surface area contributed by atoms with Gasteiger partial charge in [-0.15, -0.1) is 0 Å². The van der Waals surface area contributed by atoms with Crippen molar-refractivity contribution in [2.75, 3.05) is 17.6 Å². The van der Waals surface area contributed by atoms with Gasteiger partial charge >= 0.3 is 0 Å². The molecule has 0 unspecified atom stereocenters. The van der Waals surface area contributed by atoms with Gasteiger partial charge < -0.3 is 11.1 Å². The van der Waals surface area contributed by atoms with E-state index in [1.807, 2.05) is 23.9 Å². The number of nitrogen functional groups attached to an aromatic ring is 1. The minimum absolute atomic E-state index is 0.557. The normalized spacial score (nSPS) is 10.5. The zero-order valence-electron chi connectivity index (χ0n) is 10.5. The van der Waals surface area contributed by atoms with Gasteiger partial charge in [0, 0.05) is 31.0 Å². The molecule has 6 nitrogen and oxygen atoms in total. The van der Waals surface area contributed by atoms with Crippen LogP contribution in [-0.2, 0) is 13.0 Å². The van der Waals surface area contributed by atoms with Crippen molar-refractivity contribution < 1.29 is 0 Å². The fourth-order valence-electron chi connectivity index (χ4n) is 1.81. The lowest BCUT2D eigenvalue weighted by molar-refractivity contribution is 0.591. The van der Waals surface area contributed by atoms with Gasteiger partial charge in [-0.1, -0.05) is 6.92 Å². The van der Waals surface area contributed by atoms with Crippen LogP contribution in [0.3, 0.4) is 0 Å². The van der Waals surface area contributed by atoms with Crippen molar-refractivity contribution in [1.29, 1.82) is 0 Å². The Labute approximate surface area is 106 Å². The van der Waals surface area contributed by atoms with E-state index in [1.54, 1.807) is 6.20 Å². The van der Waals surface area contributed by atoms with E-state index in [0.717, 1.165) is 37.3 Å². The fourth-order valence-corrected chi connectivity index (χ4v) is 1.81. The van der Waals surface area contributed by atoms with E-state index in [1.165, 1.54) is 6.33 Å². The average molecular weight is 246 g/mol. The summed E-state index contributed by atoms with van der Waals surface area (Å²) < 4.78 is 1.91. The zero-order chi connectivity index (χ0) is 12.8. The van der Waals surface area contributed by atoms with Crippen LogP contribution in [0.2, 0.25) is 0 Å². The molecule has 0 bridgehead atoms. The van der Waals surface area contributed by atoms with Gasteiger partial charge in [0.2, 0.25) is 0 Å². The minimum atomic E-state index is 0.557. The number of rotatable bonds is 6. The molecule has 0 aliphatic carbocycles. The maximum Gasteiger partial charge on any atom is 0.134 e. The second-order valence-electron chi connectivity index (χ2n) is 3.99. The third kappa shape index (κ3) is 2.97. The second-order valence-corrected chi connectivity index (χ2v) is 3.99. The lowest BCUT2D eigenvalue weighted by Crippen LogP contribution is -2.11. The van der Waals surface area contributed by atoms with Crippen molar-refractivity contribution in [1.82, 2.24) is 19.7 Å². The molecule has 2 heterocycles. The molecule has 6 heteroatoms. The second kappa shape index (κ2) is 6.00. The lowest BCUT2D eigenvalue weighted by Gasteiger charge is -2.10. The molecule has 0 fully saturated rings. The van der Waals surface area contributed by atoms with Crippen molar-refractivity contribution in [2.24, 2.45) is 0 Å². The van der Waals surface area contributed by atoms with E-state index >= 15 is 0 Å². The van der Waals surface area contributed by atoms with Crippen molar-refractivity contribution >= 4 is 11.6 Å². The molecule has 0 aliphatic rings. The van der Waals surface area contributed by atoms with E-state index < -0.39 is 0 Å². The summed E-state index contributed by atoms with van der Waals surface area (Å²) in [5.74, 6) is 1.40. The number of aromatic nitrogens is 4. The van der Waals surface area contributed by atoms with E-state index in [-0.39, 0.29) is 0 Å². The molecule has 0 amide bonds. The first kappa shape index (κ1) is 12.3. The molecule has 96 valence electrons. The highest BCUT2D eigenvalue weighted by atomic mass is 15.3. The Kier molecular flexibility index (Phi) is 4.11. The Balaban J connectivity index is 1.85. The van der Waals surface area contributed by atoms with Crippen molar-refractivity contribution in [3.05, 3.63) is 30.4 Å². The van der Waals surface area contributed by atoms with Gasteiger partial charge in [0.25, 0.3) is 0 Å². The predicted molar refractivity (Wildman–Crippen MR) is 71.2 cm³/mol. The zero-order valence-corrected chi connectivity index (χ0v) is 10.5. The van der Waals surface area contributed by atoms with Crippen LogP contribution in [0.25, 0.3) is 0 Å². The van der Waals surface area contributed by atoms with Crippen molar-refractivity contribution in [2.45, 2.75) is 26.3 Å². The van der Waals surface area contributed by atoms with Gasteiger partial charge in [0.1, 0.15) is 18.0 Å². The predicted octanol–water partition coefficient (Wildman–Crippen LogP) is 1.32. The highest BCUT2D eigenvalue weighted by Crippen LogP contribution is 2.17. The van der Waals surface area contributed by atoms with Crippen LogP contribution in [-0.4, -0.2) is 26.3 Å². The Hall–Kier alpha value is -2.11. The molecule has 2 aromatic heterocycles. The van der Waals surface area contributed by atoms with E-state index in [0.29, 0.717) is 5.82 Å². The molecule has 0 saturated heterocycles. The Morgan fingerprint density at radius 3 is 3.00 bits per heavy atom. The molecule has 18 heavy (non-hydrogen) atoms. The molecule has 0 aliphatic heterocycles. The highest BCUT2D eigenvalue weighted by molar-refractivity contribution is 5.54. The fraction of sp³-hybridized carbons (Fsp3) is 0.417. The number of nitrogens with one attached hydrogen (secondary N) is 1. The van der Waals surface area contributed by atoms with Crippen molar-refractivity contribution in [3.8, 4) is 0 Å². The van der Waals surface area contributed by atoms with E-state index in [2.05, 4.69) is 20.4 Å². The largest absolute Gasteiger partial charge is 0.383 e. The summed E-state index contributed by atoms with van der Waals surface area (Å²) in [5.41, 5.74) is 6.79. The van der Waals surface area contributed by atoms with E-state index in [9.17, 15) is 0 Å². The lowest BCUT2D eigenvalue weighted by atomic mass is 10.2. The Bertz CT molecular complexity index is 479. The highest BCUT2D eigenvalue weighted by Gasteiger charge is 2.05. The first-order valence-electron chi connectivity index (χ1n) is 6.12. The maximum atomic E-state index is 5.81. The molecule has 0 atom stereocenters. The van der Waals surface area contributed by atoms with Gasteiger partial charge in [0.15, 0.2) is 0 Å². The first-order valence-corrected chi connectivity index (χ1v) is 6.12. The quantitative estimate of drug-likeness (QED) is 0.751. The molecule has 0 saturated carbocycles. The molecular formula is C12H18N6. The van der Waals surface area contributed by atoms with Crippen LogP contribution in [0.5, 0.6) is 0 Å². The summed E-state index contributed by atoms with van der Waals surface area (Å²) in [6.07, 6.45) is 7.04. The maximum absolute atomic E-state index is 5.81. The Morgan fingerprint density at radius 1 is 1.39 bits per heavy atom. The molecule has 0 spiro atoms. The molecule has 3 N–H and O–H groups in total. The monoisotopic (exact) mass is 246 g/mol. The molecule has 2 aromatic rings. The van der Waals surface area contributed by atoms with E-state index in [4.69, 9.17) is 5.73 Å². The van der Waals surface area contributed by atoms with Gasteiger partial charge in [0.05, 0.1) is 0 Å². The van der Waals surface area contributed by atoms with Crippen LogP contribution in [0, 0.1) is 0 Å². The standard InChI is InChI=1S/C12H18N6/c1-2-10-11(13)15-9-16-12(10)14-5-3-7-18-8-4-6-17-18/h4,6,8-9H,2-3,5,7H2,1H3,(H3,13,14,15,16). The Morgan fingerprint density at radius 2 is 2.28 bits per heavy atom. The number of hydrogen-bond donors (Lipinski definition) is 2. The van der Waals surface area contributed by atoms with Crippen LogP contribution in [0.1, 0.15) is 18.9 Å². The third-order valence-corrected chi connectivity index (χ3v) is 2.75. The van der Waals surface area contributed by atoms with Gasteiger partial charge in [-0.25, -0.2) is 9.97 Å². The molecule has 0 aromatic carbocycles. The molecular weight excluding hydrogens is 228 g/mol. The molecule has 2 rings (SSSR count). The summed E-state index contributed by atoms with van der Waals surface area (Å²) in [6, 6.07) is 1.92. The number of hydrogen-bond acceptors (Lipinski definition) is 5. The van der Waals surface area contributed by atoms with Gasteiger partial charge in [-0.3, -0.25) is 4.68 Å². The number of nitrogens with zero attached hydrogens (tertiary/aromatic N) is 4. The van der Waals surface area contributed by atoms with Crippen LogP contribution >= 0.6 is 0 Å². The summed E-state index contributed by atoms with van der Waals surface area (Å²) >= 11 is 0. The van der Waals surface area contributed by atoms with Gasteiger partial charge in [-0.2, -0.15) is 5.10 Å². The minimum Gasteiger partial charge on any atom is -0.383 e. The van der Waals surface area contributed by atoms with Crippen molar-refractivity contribution in [3.63, 3.8) is 0 Å². The van der Waals surface area contributed by atoms with Crippen LogP contribution in [0.15, 0.2) is 24.8 Å².